The maximum Gasteiger partial charge on any atom is 0.248 e. The number of primary amides is 1. The zero-order chi connectivity index (χ0) is 18.1. The van der Waals surface area contributed by atoms with E-state index in [-0.39, 0.29) is 23.0 Å². The van der Waals surface area contributed by atoms with Gasteiger partial charge in [0.05, 0.1) is 12.8 Å². The quantitative estimate of drug-likeness (QED) is 0.873. The lowest BCUT2D eigenvalue weighted by Gasteiger charge is -2.11. The van der Waals surface area contributed by atoms with Crippen molar-refractivity contribution in [1.29, 1.82) is 0 Å². The van der Waals surface area contributed by atoms with E-state index in [0.717, 1.165) is 18.2 Å². The second-order valence-electron chi connectivity index (χ2n) is 5.88. The highest BCUT2D eigenvalue weighted by Crippen LogP contribution is 2.49. The monoisotopic (exact) mass is 346 g/mol. The van der Waals surface area contributed by atoms with Crippen LogP contribution in [0.25, 0.3) is 0 Å². The molecule has 1 aliphatic rings. The number of benzene rings is 2. The first-order valence-corrected chi connectivity index (χ1v) is 7.64. The summed E-state index contributed by atoms with van der Waals surface area (Å²) >= 11 is 0. The van der Waals surface area contributed by atoms with Gasteiger partial charge in [-0.05, 0) is 54.3 Å². The van der Waals surface area contributed by atoms with Crippen LogP contribution in [-0.4, -0.2) is 18.9 Å². The van der Waals surface area contributed by atoms with Gasteiger partial charge in [-0.15, -0.1) is 0 Å². The fourth-order valence-electron chi connectivity index (χ4n) is 2.81. The molecule has 130 valence electrons. The van der Waals surface area contributed by atoms with Gasteiger partial charge in [-0.25, -0.2) is 8.78 Å². The minimum absolute atomic E-state index is 0.193. The predicted molar refractivity (Wildman–Crippen MR) is 87.3 cm³/mol. The molecule has 5 nitrogen and oxygen atoms in total. The van der Waals surface area contributed by atoms with Gasteiger partial charge >= 0.3 is 0 Å². The number of hydrogen-bond donors (Lipinski definition) is 2. The topological polar surface area (TPSA) is 81.4 Å². The van der Waals surface area contributed by atoms with Gasteiger partial charge in [0.1, 0.15) is 17.4 Å². The fourth-order valence-corrected chi connectivity index (χ4v) is 2.81. The molecule has 2 aromatic rings. The Morgan fingerprint density at radius 2 is 1.96 bits per heavy atom. The summed E-state index contributed by atoms with van der Waals surface area (Å²) in [5.41, 5.74) is 5.95. The Hall–Kier alpha value is -2.96. The highest BCUT2D eigenvalue weighted by atomic mass is 19.1. The summed E-state index contributed by atoms with van der Waals surface area (Å²) in [5, 5.41) is 2.66. The molecule has 2 atom stereocenters. The summed E-state index contributed by atoms with van der Waals surface area (Å²) in [4.78, 5) is 23.7. The number of nitrogens with two attached hydrogens (primary N) is 1. The second-order valence-corrected chi connectivity index (χ2v) is 5.88. The third kappa shape index (κ3) is 3.45. The van der Waals surface area contributed by atoms with E-state index in [0.29, 0.717) is 17.9 Å². The van der Waals surface area contributed by atoms with Gasteiger partial charge in [-0.3, -0.25) is 9.59 Å². The Labute approximate surface area is 142 Å². The van der Waals surface area contributed by atoms with Gasteiger partial charge < -0.3 is 15.8 Å². The SMILES string of the molecule is COc1ccc(C(N)=O)cc1NC(=O)[C@@H]1C[C@@H]1c1cc(F)ccc1F. The second kappa shape index (κ2) is 6.51. The average molecular weight is 346 g/mol. The van der Waals surface area contributed by atoms with Crippen molar-refractivity contribution in [3.63, 3.8) is 0 Å². The molecule has 7 heteroatoms. The Kier molecular flexibility index (Phi) is 4.39. The van der Waals surface area contributed by atoms with E-state index in [9.17, 15) is 18.4 Å². The molecule has 0 aromatic heterocycles. The van der Waals surface area contributed by atoms with Crippen LogP contribution in [-0.2, 0) is 4.79 Å². The van der Waals surface area contributed by atoms with E-state index in [1.54, 1.807) is 0 Å². The number of carbonyl (C=O) groups is 2. The third-order valence-electron chi connectivity index (χ3n) is 4.23. The number of ether oxygens (including phenoxy) is 1. The first-order chi connectivity index (χ1) is 11.9. The highest BCUT2D eigenvalue weighted by Gasteiger charge is 2.45. The van der Waals surface area contributed by atoms with E-state index in [2.05, 4.69) is 5.32 Å². The van der Waals surface area contributed by atoms with E-state index in [1.165, 1.54) is 25.3 Å². The minimum atomic E-state index is -0.635. The molecule has 25 heavy (non-hydrogen) atoms. The van der Waals surface area contributed by atoms with E-state index in [1.807, 2.05) is 0 Å². The van der Waals surface area contributed by atoms with Gasteiger partial charge in [-0.1, -0.05) is 0 Å². The first kappa shape index (κ1) is 16.9. The smallest absolute Gasteiger partial charge is 0.248 e. The lowest BCUT2D eigenvalue weighted by Crippen LogP contribution is -2.17. The van der Waals surface area contributed by atoms with Crippen LogP contribution in [0.1, 0.15) is 28.3 Å². The van der Waals surface area contributed by atoms with Crippen LogP contribution in [0.2, 0.25) is 0 Å². The molecule has 3 N–H and O–H groups in total. The standard InChI is InChI=1S/C18H16F2N2O3/c1-25-16-5-2-9(17(21)23)6-15(16)22-18(24)13-8-11(13)12-7-10(19)3-4-14(12)20/h2-7,11,13H,8H2,1H3,(H2,21,23)(H,22,24)/t11-,13-/m1/s1. The van der Waals surface area contributed by atoms with Crippen LogP contribution in [0.4, 0.5) is 14.5 Å². The Morgan fingerprint density at radius 3 is 2.64 bits per heavy atom. The largest absolute Gasteiger partial charge is 0.495 e. The lowest BCUT2D eigenvalue weighted by molar-refractivity contribution is -0.117. The fraction of sp³-hybridized carbons (Fsp3) is 0.222. The number of amides is 2. The molecular weight excluding hydrogens is 330 g/mol. The molecule has 1 fully saturated rings. The van der Waals surface area contributed by atoms with Crippen molar-refractivity contribution in [1.82, 2.24) is 0 Å². The molecule has 3 rings (SSSR count). The van der Waals surface area contributed by atoms with Crippen molar-refractivity contribution in [2.75, 3.05) is 12.4 Å². The number of rotatable bonds is 5. The lowest BCUT2D eigenvalue weighted by atomic mass is 10.1. The Bertz CT molecular complexity index is 854. The maximum atomic E-state index is 13.8. The van der Waals surface area contributed by atoms with Crippen LogP contribution >= 0.6 is 0 Å². The summed E-state index contributed by atoms with van der Waals surface area (Å²) in [6.07, 6.45) is 0.421. The van der Waals surface area contributed by atoms with Crippen LogP contribution in [0, 0.1) is 17.6 Å². The molecule has 0 radical (unpaired) electrons. The van der Waals surface area contributed by atoms with Crippen molar-refractivity contribution in [3.8, 4) is 5.75 Å². The van der Waals surface area contributed by atoms with Crippen molar-refractivity contribution in [2.45, 2.75) is 12.3 Å². The number of hydrogen-bond acceptors (Lipinski definition) is 3. The van der Waals surface area contributed by atoms with Crippen molar-refractivity contribution < 1.29 is 23.1 Å². The van der Waals surface area contributed by atoms with Crippen molar-refractivity contribution in [3.05, 3.63) is 59.2 Å². The van der Waals surface area contributed by atoms with Gasteiger partial charge in [0, 0.05) is 11.5 Å². The van der Waals surface area contributed by atoms with E-state index in [4.69, 9.17) is 10.5 Å². The summed E-state index contributed by atoms with van der Waals surface area (Å²) < 4.78 is 32.3. The number of carbonyl (C=O) groups excluding carboxylic acids is 2. The van der Waals surface area contributed by atoms with Crippen LogP contribution < -0.4 is 15.8 Å². The Morgan fingerprint density at radius 1 is 1.20 bits per heavy atom. The van der Waals surface area contributed by atoms with Crippen molar-refractivity contribution in [2.24, 2.45) is 11.7 Å². The van der Waals surface area contributed by atoms with Gasteiger partial charge in [0.2, 0.25) is 11.8 Å². The molecule has 0 unspecified atom stereocenters. The van der Waals surface area contributed by atoms with Crippen molar-refractivity contribution >= 4 is 17.5 Å². The summed E-state index contributed by atoms with van der Waals surface area (Å²) in [6, 6.07) is 7.62. The van der Waals surface area contributed by atoms with Crippen LogP contribution in [0.3, 0.4) is 0 Å². The molecule has 2 amide bonds. The summed E-state index contributed by atoms with van der Waals surface area (Å²) in [5.74, 6) is -2.54. The molecule has 0 saturated heterocycles. The molecule has 1 saturated carbocycles. The number of anilines is 1. The van der Waals surface area contributed by atoms with Crippen LogP contribution in [0.5, 0.6) is 5.75 Å². The normalized spacial score (nSPS) is 18.5. The molecule has 0 bridgehead atoms. The molecule has 0 aliphatic heterocycles. The molecule has 2 aromatic carbocycles. The van der Waals surface area contributed by atoms with Gasteiger partial charge in [0.25, 0.3) is 0 Å². The minimum Gasteiger partial charge on any atom is -0.495 e. The van der Waals surface area contributed by atoms with Gasteiger partial charge in [0.15, 0.2) is 0 Å². The van der Waals surface area contributed by atoms with E-state index >= 15 is 0 Å². The molecule has 1 aliphatic carbocycles. The highest BCUT2D eigenvalue weighted by molar-refractivity contribution is 5.99. The average Bonchev–Trinajstić information content (AvgIpc) is 3.37. The first-order valence-electron chi connectivity index (χ1n) is 7.64. The zero-order valence-electron chi connectivity index (χ0n) is 13.4. The maximum absolute atomic E-state index is 13.8. The molecule has 0 heterocycles. The number of halogens is 2. The molecular formula is C18H16F2N2O3. The summed E-state index contributed by atoms with van der Waals surface area (Å²) in [6.45, 7) is 0. The number of methoxy groups -OCH3 is 1. The number of nitrogens with one attached hydrogen (secondary N) is 1. The predicted octanol–water partition coefficient (Wildman–Crippen LogP) is 2.81. The Balaban J connectivity index is 1.77. The van der Waals surface area contributed by atoms with Crippen LogP contribution in [0.15, 0.2) is 36.4 Å². The third-order valence-corrected chi connectivity index (χ3v) is 4.23. The zero-order valence-corrected chi connectivity index (χ0v) is 13.4. The molecule has 0 spiro atoms. The summed E-state index contributed by atoms with van der Waals surface area (Å²) in [7, 11) is 1.43. The van der Waals surface area contributed by atoms with Gasteiger partial charge in [-0.2, -0.15) is 0 Å². The van der Waals surface area contributed by atoms with E-state index < -0.39 is 23.5 Å².